The minimum absolute atomic E-state index is 0.289. The fourth-order valence-electron chi connectivity index (χ4n) is 1.89. The monoisotopic (exact) mass is 246 g/mol. The highest BCUT2D eigenvalue weighted by Crippen LogP contribution is 2.14. The van der Waals surface area contributed by atoms with Crippen molar-refractivity contribution in [2.24, 2.45) is 0 Å². The van der Waals surface area contributed by atoms with Gasteiger partial charge < -0.3 is 14.5 Å². The van der Waals surface area contributed by atoms with Crippen molar-refractivity contribution in [3.63, 3.8) is 0 Å². The maximum absolute atomic E-state index is 11.3. The largest absolute Gasteiger partial charge is 0.453 e. The van der Waals surface area contributed by atoms with E-state index in [0.29, 0.717) is 31.7 Å². The maximum atomic E-state index is 11.3. The van der Waals surface area contributed by atoms with Crippen LogP contribution in [0.5, 0.6) is 0 Å². The first-order valence-corrected chi connectivity index (χ1v) is 5.68. The van der Waals surface area contributed by atoms with Gasteiger partial charge in [-0.2, -0.15) is 5.26 Å². The van der Waals surface area contributed by atoms with Gasteiger partial charge in [-0.05, 0) is 12.1 Å². The molecule has 6 heteroatoms. The predicted octanol–water partition coefficient (Wildman–Crippen LogP) is 0.842. The fraction of sp³-hybridized carbons (Fsp3) is 0.417. The Kier molecular flexibility index (Phi) is 3.63. The highest BCUT2D eigenvalue weighted by atomic mass is 16.5. The molecular weight excluding hydrogens is 232 g/mol. The number of rotatable bonds is 1. The van der Waals surface area contributed by atoms with Crippen molar-refractivity contribution in [3.8, 4) is 6.07 Å². The molecule has 2 heterocycles. The van der Waals surface area contributed by atoms with Crippen LogP contribution in [-0.2, 0) is 4.74 Å². The number of methoxy groups -OCH3 is 1. The lowest BCUT2D eigenvalue weighted by Crippen LogP contribution is -2.49. The van der Waals surface area contributed by atoms with E-state index in [-0.39, 0.29) is 6.09 Å². The molecule has 1 aliphatic rings. The lowest BCUT2D eigenvalue weighted by Gasteiger charge is -2.34. The molecule has 1 aromatic rings. The Labute approximate surface area is 105 Å². The van der Waals surface area contributed by atoms with Gasteiger partial charge in [-0.15, -0.1) is 0 Å². The van der Waals surface area contributed by atoms with E-state index in [4.69, 9.17) is 5.26 Å². The average Bonchev–Trinajstić information content (AvgIpc) is 2.47. The van der Waals surface area contributed by atoms with Gasteiger partial charge >= 0.3 is 6.09 Å². The second-order valence-corrected chi connectivity index (χ2v) is 3.96. The summed E-state index contributed by atoms with van der Waals surface area (Å²) >= 11 is 0. The highest BCUT2D eigenvalue weighted by Gasteiger charge is 2.21. The lowest BCUT2D eigenvalue weighted by atomic mass is 10.3. The van der Waals surface area contributed by atoms with Crippen LogP contribution in [0.15, 0.2) is 18.3 Å². The number of nitriles is 1. The molecule has 0 atom stereocenters. The van der Waals surface area contributed by atoms with Crippen LogP contribution in [0.3, 0.4) is 0 Å². The summed E-state index contributed by atoms with van der Waals surface area (Å²) in [6.07, 6.45) is 1.27. The highest BCUT2D eigenvalue weighted by molar-refractivity contribution is 5.67. The summed E-state index contributed by atoms with van der Waals surface area (Å²) in [7, 11) is 1.39. The Bertz CT molecular complexity index is 458. The van der Waals surface area contributed by atoms with Crippen molar-refractivity contribution in [1.82, 2.24) is 9.88 Å². The molecule has 1 amide bonds. The van der Waals surface area contributed by atoms with Gasteiger partial charge in [0.15, 0.2) is 0 Å². The van der Waals surface area contributed by atoms with E-state index in [1.807, 2.05) is 12.1 Å². The van der Waals surface area contributed by atoms with E-state index in [1.165, 1.54) is 7.11 Å². The van der Waals surface area contributed by atoms with Gasteiger partial charge in [-0.3, -0.25) is 0 Å². The van der Waals surface area contributed by atoms with Crippen molar-refractivity contribution in [3.05, 3.63) is 23.9 Å². The number of carbonyl (C=O) groups excluding carboxylic acids is 1. The first kappa shape index (κ1) is 12.2. The molecule has 94 valence electrons. The number of ether oxygens (including phenoxy) is 1. The van der Waals surface area contributed by atoms with Gasteiger partial charge in [0.05, 0.1) is 12.7 Å². The molecule has 0 unspecified atom stereocenters. The number of carbonyl (C=O) groups is 1. The van der Waals surface area contributed by atoms with E-state index < -0.39 is 0 Å². The normalized spacial score (nSPS) is 15.1. The summed E-state index contributed by atoms with van der Waals surface area (Å²) < 4.78 is 4.68. The molecule has 0 spiro atoms. The SMILES string of the molecule is COC(=O)N1CCN(c2ccc(C#N)cn2)CC1. The van der Waals surface area contributed by atoms with Crippen molar-refractivity contribution in [2.45, 2.75) is 0 Å². The molecule has 0 N–H and O–H groups in total. The molecule has 1 fully saturated rings. The molecule has 18 heavy (non-hydrogen) atoms. The molecule has 1 aromatic heterocycles. The number of piperazine rings is 1. The zero-order valence-electron chi connectivity index (χ0n) is 10.2. The second kappa shape index (κ2) is 5.36. The zero-order valence-corrected chi connectivity index (χ0v) is 10.2. The Balaban J connectivity index is 1.97. The average molecular weight is 246 g/mol. The quantitative estimate of drug-likeness (QED) is 0.734. The molecular formula is C12H14N4O2. The summed E-state index contributed by atoms with van der Waals surface area (Å²) in [5.41, 5.74) is 0.548. The van der Waals surface area contributed by atoms with Gasteiger partial charge in [0.2, 0.25) is 0 Å². The molecule has 6 nitrogen and oxygen atoms in total. The summed E-state index contributed by atoms with van der Waals surface area (Å²) in [5, 5.41) is 8.70. The second-order valence-electron chi connectivity index (χ2n) is 3.96. The smallest absolute Gasteiger partial charge is 0.409 e. The van der Waals surface area contributed by atoms with Crippen LogP contribution in [0.1, 0.15) is 5.56 Å². The number of aromatic nitrogens is 1. The molecule has 0 aliphatic carbocycles. The van der Waals surface area contributed by atoms with Gasteiger partial charge in [-0.1, -0.05) is 0 Å². The standard InChI is InChI=1S/C12H14N4O2/c1-18-12(17)16-6-4-15(5-7-16)11-3-2-10(8-13)9-14-11/h2-3,9H,4-7H2,1H3. The minimum atomic E-state index is -0.289. The predicted molar refractivity (Wildman–Crippen MR) is 65.1 cm³/mol. The summed E-state index contributed by atoms with van der Waals surface area (Å²) in [6.45, 7) is 2.67. The van der Waals surface area contributed by atoms with Crippen molar-refractivity contribution in [1.29, 1.82) is 5.26 Å². The summed E-state index contributed by atoms with van der Waals surface area (Å²) in [4.78, 5) is 19.3. The molecule has 0 saturated carbocycles. The summed E-state index contributed by atoms with van der Waals surface area (Å²) in [5.74, 6) is 0.832. The van der Waals surface area contributed by atoms with Crippen LogP contribution in [0.25, 0.3) is 0 Å². The molecule has 0 radical (unpaired) electrons. The summed E-state index contributed by atoms with van der Waals surface area (Å²) in [6, 6.07) is 5.61. The number of hydrogen-bond acceptors (Lipinski definition) is 5. The Morgan fingerprint density at radius 1 is 1.39 bits per heavy atom. The van der Waals surface area contributed by atoms with Gasteiger partial charge in [0.1, 0.15) is 11.9 Å². The first-order chi connectivity index (χ1) is 8.74. The number of nitrogens with zero attached hydrogens (tertiary/aromatic N) is 4. The van der Waals surface area contributed by atoms with Crippen molar-refractivity contribution in [2.75, 3.05) is 38.2 Å². The molecule has 0 bridgehead atoms. The van der Waals surface area contributed by atoms with Crippen molar-refractivity contribution < 1.29 is 9.53 Å². The van der Waals surface area contributed by atoms with Crippen LogP contribution in [-0.4, -0.2) is 49.3 Å². The zero-order chi connectivity index (χ0) is 13.0. The van der Waals surface area contributed by atoms with E-state index in [0.717, 1.165) is 5.82 Å². The maximum Gasteiger partial charge on any atom is 0.409 e. The van der Waals surface area contributed by atoms with Crippen LogP contribution in [0.4, 0.5) is 10.6 Å². The fourth-order valence-corrected chi connectivity index (χ4v) is 1.89. The Morgan fingerprint density at radius 3 is 2.61 bits per heavy atom. The molecule has 0 aromatic carbocycles. The molecule has 1 aliphatic heterocycles. The first-order valence-electron chi connectivity index (χ1n) is 5.68. The third-order valence-electron chi connectivity index (χ3n) is 2.91. The Morgan fingerprint density at radius 2 is 2.11 bits per heavy atom. The van der Waals surface area contributed by atoms with Crippen LogP contribution in [0, 0.1) is 11.3 Å². The number of anilines is 1. The number of hydrogen-bond donors (Lipinski definition) is 0. The minimum Gasteiger partial charge on any atom is -0.453 e. The molecule has 1 saturated heterocycles. The van der Waals surface area contributed by atoms with Crippen LogP contribution in [0.2, 0.25) is 0 Å². The third-order valence-corrected chi connectivity index (χ3v) is 2.91. The number of amides is 1. The number of pyridine rings is 1. The topological polar surface area (TPSA) is 69.5 Å². The Hall–Kier alpha value is -2.29. The van der Waals surface area contributed by atoms with E-state index >= 15 is 0 Å². The van der Waals surface area contributed by atoms with E-state index in [9.17, 15) is 4.79 Å². The lowest BCUT2D eigenvalue weighted by molar-refractivity contribution is 0.121. The van der Waals surface area contributed by atoms with Crippen LogP contribution >= 0.6 is 0 Å². The van der Waals surface area contributed by atoms with Gasteiger partial charge in [0, 0.05) is 32.4 Å². The third kappa shape index (κ3) is 2.51. The van der Waals surface area contributed by atoms with Crippen LogP contribution < -0.4 is 4.90 Å². The molecule has 2 rings (SSSR count). The van der Waals surface area contributed by atoms with Gasteiger partial charge in [-0.25, -0.2) is 9.78 Å². The van der Waals surface area contributed by atoms with E-state index in [2.05, 4.69) is 14.6 Å². The van der Waals surface area contributed by atoms with E-state index in [1.54, 1.807) is 17.2 Å². The van der Waals surface area contributed by atoms with Crippen molar-refractivity contribution >= 4 is 11.9 Å². The van der Waals surface area contributed by atoms with Gasteiger partial charge in [0.25, 0.3) is 0 Å².